The summed E-state index contributed by atoms with van der Waals surface area (Å²) >= 11 is 3.47. The zero-order valence-corrected chi connectivity index (χ0v) is 22.4. The van der Waals surface area contributed by atoms with Gasteiger partial charge in [-0.2, -0.15) is 0 Å². The first-order valence-corrected chi connectivity index (χ1v) is 13.8. The molecule has 1 saturated carbocycles. The van der Waals surface area contributed by atoms with Crippen molar-refractivity contribution in [3.63, 3.8) is 0 Å². The van der Waals surface area contributed by atoms with Crippen LogP contribution in [-0.4, -0.2) is 22.8 Å². The first-order valence-electron chi connectivity index (χ1n) is 13.0. The molecule has 0 saturated heterocycles. The molecule has 1 N–H and O–H groups in total. The molecular weight excluding hydrogens is 554 g/mol. The van der Waals surface area contributed by atoms with E-state index < -0.39 is 42.1 Å². The molecule has 5 nitrogen and oxygen atoms in total. The first kappa shape index (κ1) is 26.4. The normalized spacial score (nSPS) is 19.9. The van der Waals surface area contributed by atoms with Gasteiger partial charge in [-0.15, -0.1) is 0 Å². The van der Waals surface area contributed by atoms with Crippen molar-refractivity contribution < 1.29 is 23.1 Å². The Labute approximate surface area is 229 Å². The molecule has 2 unspecified atom stereocenters. The number of anilines is 1. The number of rotatable bonds is 6. The van der Waals surface area contributed by atoms with Gasteiger partial charge in [0.2, 0.25) is 0 Å². The van der Waals surface area contributed by atoms with E-state index in [-0.39, 0.29) is 5.56 Å². The molecule has 0 spiro atoms. The van der Waals surface area contributed by atoms with E-state index in [1.165, 1.54) is 17.4 Å². The third-order valence-electron chi connectivity index (χ3n) is 7.36. The Hall–Kier alpha value is -3.26. The highest BCUT2D eigenvalue weighted by molar-refractivity contribution is 9.10. The average Bonchev–Trinajstić information content (AvgIpc) is 3.02. The Kier molecular flexibility index (Phi) is 8.07. The van der Waals surface area contributed by atoms with E-state index in [1.54, 1.807) is 42.5 Å². The lowest BCUT2D eigenvalue weighted by Gasteiger charge is -2.32. The molecule has 198 valence electrons. The zero-order valence-electron chi connectivity index (χ0n) is 20.8. The van der Waals surface area contributed by atoms with Crippen molar-refractivity contribution in [1.82, 2.24) is 4.90 Å². The molecule has 0 bridgehead atoms. The van der Waals surface area contributed by atoms with E-state index in [9.17, 15) is 18.4 Å². The summed E-state index contributed by atoms with van der Waals surface area (Å²) in [5.41, 5.74) is 0.722. The average molecular weight is 583 g/mol. The number of nitrogens with one attached hydrogen (secondary N) is 1. The molecule has 1 heterocycles. The van der Waals surface area contributed by atoms with E-state index in [0.29, 0.717) is 33.8 Å². The number of amides is 2. The number of hydrogen-bond acceptors (Lipinski definition) is 3. The van der Waals surface area contributed by atoms with Crippen LogP contribution in [-0.2, 0) is 16.1 Å². The van der Waals surface area contributed by atoms with Gasteiger partial charge in [-0.25, -0.2) is 8.78 Å². The predicted octanol–water partition coefficient (Wildman–Crippen LogP) is 7.17. The molecule has 1 fully saturated rings. The molecule has 2 atom stereocenters. The molecule has 0 aromatic heterocycles. The van der Waals surface area contributed by atoms with E-state index in [2.05, 4.69) is 21.2 Å². The summed E-state index contributed by atoms with van der Waals surface area (Å²) < 4.78 is 36.6. The molecule has 2 aliphatic rings. The van der Waals surface area contributed by atoms with E-state index in [4.69, 9.17) is 4.74 Å². The van der Waals surface area contributed by atoms with Crippen molar-refractivity contribution in [1.29, 1.82) is 0 Å². The van der Waals surface area contributed by atoms with Crippen molar-refractivity contribution >= 4 is 33.4 Å². The highest BCUT2D eigenvalue weighted by Gasteiger charge is 2.42. The largest absolute Gasteiger partial charge is 0.480 e. The number of benzene rings is 3. The Bertz CT molecular complexity index is 1290. The van der Waals surface area contributed by atoms with Crippen LogP contribution in [0, 0.1) is 17.6 Å². The SMILES string of the molecule is O=C(Nc1ccccc1)C1c2cc(Br)ccc2OC(CC2CCCCC2)C(=O)N1Cc1c(F)cccc1F. The van der Waals surface area contributed by atoms with Gasteiger partial charge in [0.05, 0.1) is 6.54 Å². The molecular formula is C30H29BrF2N2O3. The van der Waals surface area contributed by atoms with Crippen LogP contribution in [0.4, 0.5) is 14.5 Å². The van der Waals surface area contributed by atoms with Gasteiger partial charge in [-0.3, -0.25) is 9.59 Å². The van der Waals surface area contributed by atoms with Crippen LogP contribution in [0.15, 0.2) is 71.2 Å². The van der Waals surface area contributed by atoms with Crippen LogP contribution in [0.3, 0.4) is 0 Å². The quantitative estimate of drug-likeness (QED) is 0.335. The van der Waals surface area contributed by atoms with Crippen LogP contribution >= 0.6 is 15.9 Å². The molecule has 1 aliphatic carbocycles. The number of halogens is 3. The molecule has 38 heavy (non-hydrogen) atoms. The summed E-state index contributed by atoms with van der Waals surface area (Å²) in [6.45, 7) is -0.416. The summed E-state index contributed by atoms with van der Waals surface area (Å²) in [5.74, 6) is -1.79. The lowest BCUT2D eigenvalue weighted by molar-refractivity contribution is -0.145. The van der Waals surface area contributed by atoms with Gasteiger partial charge < -0.3 is 15.0 Å². The summed E-state index contributed by atoms with van der Waals surface area (Å²) in [4.78, 5) is 29.2. The second kappa shape index (κ2) is 11.6. The molecule has 0 radical (unpaired) electrons. The number of carbonyl (C=O) groups excluding carboxylic acids is 2. The van der Waals surface area contributed by atoms with Gasteiger partial charge in [-0.1, -0.05) is 72.3 Å². The van der Waals surface area contributed by atoms with Gasteiger partial charge in [0.1, 0.15) is 23.4 Å². The first-order chi connectivity index (χ1) is 18.4. The Morgan fingerprint density at radius 2 is 1.68 bits per heavy atom. The molecule has 2 amide bonds. The molecule has 3 aromatic rings. The van der Waals surface area contributed by atoms with Crippen molar-refractivity contribution in [3.05, 3.63) is 94.0 Å². The van der Waals surface area contributed by atoms with Gasteiger partial charge in [0.15, 0.2) is 6.10 Å². The number of fused-ring (bicyclic) bond motifs is 1. The van der Waals surface area contributed by atoms with Gasteiger partial charge in [-0.05, 0) is 54.8 Å². The maximum Gasteiger partial charge on any atom is 0.264 e. The lowest BCUT2D eigenvalue weighted by Crippen LogP contribution is -2.45. The maximum atomic E-state index is 14.8. The van der Waals surface area contributed by atoms with Gasteiger partial charge in [0.25, 0.3) is 11.8 Å². The topological polar surface area (TPSA) is 58.6 Å². The number of para-hydroxylation sites is 1. The van der Waals surface area contributed by atoms with Crippen LogP contribution in [0.1, 0.15) is 55.7 Å². The van der Waals surface area contributed by atoms with E-state index >= 15 is 0 Å². The monoisotopic (exact) mass is 582 g/mol. The molecule has 8 heteroatoms. The minimum Gasteiger partial charge on any atom is -0.480 e. The number of nitrogens with zero attached hydrogens (tertiary/aromatic N) is 1. The van der Waals surface area contributed by atoms with Crippen LogP contribution in [0.5, 0.6) is 5.75 Å². The predicted molar refractivity (Wildman–Crippen MR) is 144 cm³/mol. The minimum atomic E-state index is -1.18. The Morgan fingerprint density at radius 3 is 2.39 bits per heavy atom. The molecule has 1 aliphatic heterocycles. The third kappa shape index (κ3) is 5.75. The second-order valence-corrected chi connectivity index (χ2v) is 10.9. The third-order valence-corrected chi connectivity index (χ3v) is 7.85. The van der Waals surface area contributed by atoms with Crippen LogP contribution in [0.2, 0.25) is 0 Å². The fourth-order valence-electron chi connectivity index (χ4n) is 5.44. The fraction of sp³-hybridized carbons (Fsp3) is 0.333. The maximum absolute atomic E-state index is 14.8. The Morgan fingerprint density at radius 1 is 0.974 bits per heavy atom. The van der Waals surface area contributed by atoms with Crippen molar-refractivity contribution in [2.24, 2.45) is 5.92 Å². The zero-order chi connectivity index (χ0) is 26.6. The van der Waals surface area contributed by atoms with Crippen molar-refractivity contribution in [2.45, 2.75) is 57.2 Å². The highest BCUT2D eigenvalue weighted by Crippen LogP contribution is 2.40. The second-order valence-electron chi connectivity index (χ2n) is 9.95. The van der Waals surface area contributed by atoms with Gasteiger partial charge in [0, 0.05) is 21.3 Å². The van der Waals surface area contributed by atoms with E-state index in [1.807, 2.05) is 6.07 Å². The van der Waals surface area contributed by atoms with Crippen molar-refractivity contribution in [2.75, 3.05) is 5.32 Å². The number of hydrogen-bond donors (Lipinski definition) is 1. The van der Waals surface area contributed by atoms with Crippen LogP contribution in [0.25, 0.3) is 0 Å². The number of carbonyl (C=O) groups is 2. The summed E-state index contributed by atoms with van der Waals surface area (Å²) in [5, 5.41) is 2.87. The summed E-state index contributed by atoms with van der Waals surface area (Å²) in [7, 11) is 0. The van der Waals surface area contributed by atoms with Crippen LogP contribution < -0.4 is 10.1 Å². The minimum absolute atomic E-state index is 0.270. The highest BCUT2D eigenvalue weighted by atomic mass is 79.9. The van der Waals surface area contributed by atoms with Crippen molar-refractivity contribution in [3.8, 4) is 5.75 Å². The fourth-order valence-corrected chi connectivity index (χ4v) is 5.82. The summed E-state index contributed by atoms with van der Waals surface area (Å²) in [6.07, 6.45) is 4.98. The van der Waals surface area contributed by atoms with Gasteiger partial charge >= 0.3 is 0 Å². The molecule has 5 rings (SSSR count). The Balaban J connectivity index is 1.59. The summed E-state index contributed by atoms with van der Waals surface area (Å²) in [6, 6.07) is 16.5. The van der Waals surface area contributed by atoms with E-state index in [0.717, 1.165) is 37.8 Å². The number of ether oxygens (including phenoxy) is 1. The lowest BCUT2D eigenvalue weighted by atomic mass is 9.85. The molecule has 3 aromatic carbocycles. The smallest absolute Gasteiger partial charge is 0.264 e. The standard InChI is InChI=1S/C30H29BrF2N2O3/c31-20-14-15-26-22(17-20)28(29(36)34-21-10-5-2-6-11-21)35(18-23-24(32)12-7-13-25(23)33)30(37)27(38-26)16-19-8-3-1-4-9-19/h2,5-7,10-15,17,19,27-28H,1,3-4,8-9,16,18H2,(H,34,36).